The molecule has 0 amide bonds. The molecule has 88 valence electrons. The van der Waals surface area contributed by atoms with E-state index in [1.165, 1.54) is 25.9 Å². The van der Waals surface area contributed by atoms with Gasteiger partial charge in [-0.2, -0.15) is 0 Å². The summed E-state index contributed by atoms with van der Waals surface area (Å²) in [7, 11) is 1.73. The van der Waals surface area contributed by atoms with E-state index in [4.69, 9.17) is 4.84 Å². The third-order valence-corrected chi connectivity index (χ3v) is 3.08. The molecule has 1 aliphatic heterocycles. The Morgan fingerprint density at radius 1 is 1.19 bits per heavy atom. The number of benzene rings is 1. The van der Waals surface area contributed by atoms with Crippen LogP contribution in [0.4, 0.5) is 5.69 Å². The van der Waals surface area contributed by atoms with Crippen LogP contribution in [0.25, 0.3) is 0 Å². The average molecular weight is 220 g/mol. The normalized spacial score (nSPS) is 16.6. The molecule has 1 aliphatic rings. The second-order valence-electron chi connectivity index (χ2n) is 4.17. The van der Waals surface area contributed by atoms with Crippen molar-refractivity contribution in [3.05, 3.63) is 30.3 Å². The van der Waals surface area contributed by atoms with Gasteiger partial charge in [-0.1, -0.05) is 18.2 Å². The van der Waals surface area contributed by atoms with Crippen molar-refractivity contribution >= 4 is 5.69 Å². The van der Waals surface area contributed by atoms with Gasteiger partial charge in [-0.3, -0.25) is 9.90 Å². The molecule has 1 heterocycles. The number of hydrogen-bond donors (Lipinski definition) is 0. The first-order valence-electron chi connectivity index (χ1n) is 5.99. The summed E-state index contributed by atoms with van der Waals surface area (Å²) in [6, 6.07) is 10.3. The van der Waals surface area contributed by atoms with Crippen molar-refractivity contribution in [1.29, 1.82) is 0 Å². The number of anilines is 1. The smallest absolute Gasteiger partial charge is 0.0639 e. The van der Waals surface area contributed by atoms with Crippen LogP contribution in [0.3, 0.4) is 0 Å². The van der Waals surface area contributed by atoms with Crippen molar-refractivity contribution in [1.82, 2.24) is 4.90 Å². The van der Waals surface area contributed by atoms with Gasteiger partial charge in [0, 0.05) is 6.54 Å². The lowest BCUT2D eigenvalue weighted by molar-refractivity contribution is 0.157. The van der Waals surface area contributed by atoms with Gasteiger partial charge in [-0.15, -0.1) is 0 Å². The number of hydroxylamine groups is 1. The fourth-order valence-corrected chi connectivity index (χ4v) is 2.16. The van der Waals surface area contributed by atoms with Gasteiger partial charge in [0.1, 0.15) is 0 Å². The molecule has 1 saturated heterocycles. The summed E-state index contributed by atoms with van der Waals surface area (Å²) < 4.78 is 0. The minimum Gasteiger partial charge on any atom is -0.301 e. The molecule has 0 aliphatic carbocycles. The summed E-state index contributed by atoms with van der Waals surface area (Å²) in [5.74, 6) is 0. The minimum absolute atomic E-state index is 0.931. The van der Waals surface area contributed by atoms with E-state index in [-0.39, 0.29) is 0 Å². The molecule has 0 N–H and O–H groups in total. The molecular formula is C13H20N2O. The van der Waals surface area contributed by atoms with Crippen LogP contribution in [0.15, 0.2) is 30.3 Å². The highest BCUT2D eigenvalue weighted by Crippen LogP contribution is 2.14. The maximum absolute atomic E-state index is 5.40. The van der Waals surface area contributed by atoms with E-state index in [1.54, 1.807) is 7.11 Å². The molecule has 0 aromatic heterocycles. The molecule has 3 nitrogen and oxygen atoms in total. The van der Waals surface area contributed by atoms with Crippen molar-refractivity contribution in [2.45, 2.75) is 12.8 Å². The van der Waals surface area contributed by atoms with Crippen LogP contribution < -0.4 is 5.06 Å². The molecule has 0 spiro atoms. The van der Waals surface area contributed by atoms with E-state index >= 15 is 0 Å². The van der Waals surface area contributed by atoms with Gasteiger partial charge >= 0.3 is 0 Å². The third-order valence-electron chi connectivity index (χ3n) is 3.08. The largest absolute Gasteiger partial charge is 0.301 e. The third kappa shape index (κ3) is 2.97. The molecule has 1 aromatic rings. The maximum atomic E-state index is 5.40. The summed E-state index contributed by atoms with van der Waals surface area (Å²) in [5, 5.41) is 1.96. The zero-order chi connectivity index (χ0) is 11.2. The van der Waals surface area contributed by atoms with Crippen LogP contribution in [-0.4, -0.2) is 38.2 Å². The molecule has 0 bridgehead atoms. The van der Waals surface area contributed by atoms with Crippen LogP contribution in [0.5, 0.6) is 0 Å². The Balaban J connectivity index is 1.85. The van der Waals surface area contributed by atoms with Crippen molar-refractivity contribution in [3.63, 3.8) is 0 Å². The number of para-hydroxylation sites is 1. The van der Waals surface area contributed by atoms with E-state index in [0.717, 1.165) is 18.8 Å². The zero-order valence-electron chi connectivity index (χ0n) is 9.93. The van der Waals surface area contributed by atoms with E-state index in [9.17, 15) is 0 Å². The summed E-state index contributed by atoms with van der Waals surface area (Å²) in [5.41, 5.74) is 1.13. The van der Waals surface area contributed by atoms with Crippen molar-refractivity contribution in [3.8, 4) is 0 Å². The standard InChI is InChI=1S/C13H20N2O/c1-16-15(13-7-3-2-4-8-13)12-11-14-9-5-6-10-14/h2-4,7-8H,5-6,9-12H2,1H3. The fraction of sp³-hybridized carbons (Fsp3) is 0.538. The maximum Gasteiger partial charge on any atom is 0.0639 e. The predicted molar refractivity (Wildman–Crippen MR) is 66.5 cm³/mol. The first-order valence-corrected chi connectivity index (χ1v) is 5.99. The van der Waals surface area contributed by atoms with E-state index in [2.05, 4.69) is 17.0 Å². The number of likely N-dealkylation sites (tertiary alicyclic amines) is 1. The Morgan fingerprint density at radius 3 is 2.50 bits per heavy atom. The van der Waals surface area contributed by atoms with Gasteiger partial charge in [0.25, 0.3) is 0 Å². The Morgan fingerprint density at radius 2 is 1.88 bits per heavy atom. The molecule has 0 radical (unpaired) electrons. The Kier molecular flexibility index (Phi) is 4.19. The molecular weight excluding hydrogens is 200 g/mol. The molecule has 1 aromatic carbocycles. The Hall–Kier alpha value is -1.06. The highest BCUT2D eigenvalue weighted by Gasteiger charge is 2.13. The minimum atomic E-state index is 0.931. The second-order valence-corrected chi connectivity index (χ2v) is 4.17. The van der Waals surface area contributed by atoms with Crippen molar-refractivity contribution in [2.24, 2.45) is 0 Å². The van der Waals surface area contributed by atoms with Gasteiger partial charge in [-0.05, 0) is 38.1 Å². The summed E-state index contributed by atoms with van der Waals surface area (Å²) in [4.78, 5) is 7.90. The molecule has 3 heteroatoms. The second kappa shape index (κ2) is 5.87. The van der Waals surface area contributed by atoms with Gasteiger partial charge in [0.15, 0.2) is 0 Å². The van der Waals surface area contributed by atoms with Gasteiger partial charge < -0.3 is 4.90 Å². The van der Waals surface area contributed by atoms with Gasteiger partial charge in [0.2, 0.25) is 0 Å². The predicted octanol–water partition coefficient (Wildman–Crippen LogP) is 2.15. The topological polar surface area (TPSA) is 15.7 Å². The fourth-order valence-electron chi connectivity index (χ4n) is 2.16. The monoisotopic (exact) mass is 220 g/mol. The summed E-state index contributed by atoms with van der Waals surface area (Å²) in [6.45, 7) is 4.50. The molecule has 1 fully saturated rings. The van der Waals surface area contributed by atoms with Crippen molar-refractivity contribution < 1.29 is 4.84 Å². The molecule has 16 heavy (non-hydrogen) atoms. The van der Waals surface area contributed by atoms with Crippen LogP contribution in [0, 0.1) is 0 Å². The first kappa shape index (κ1) is 11.4. The summed E-state index contributed by atoms with van der Waals surface area (Å²) in [6.07, 6.45) is 2.69. The van der Waals surface area contributed by atoms with Gasteiger partial charge in [0.05, 0.1) is 19.3 Å². The SMILES string of the molecule is CON(CCN1CCCC1)c1ccccc1. The van der Waals surface area contributed by atoms with E-state index in [0.29, 0.717) is 0 Å². The lowest BCUT2D eigenvalue weighted by Crippen LogP contribution is -2.33. The van der Waals surface area contributed by atoms with Crippen LogP contribution >= 0.6 is 0 Å². The average Bonchev–Trinajstić information content (AvgIpc) is 2.84. The summed E-state index contributed by atoms with van der Waals surface area (Å²) >= 11 is 0. The highest BCUT2D eigenvalue weighted by molar-refractivity contribution is 5.43. The van der Waals surface area contributed by atoms with Gasteiger partial charge in [-0.25, -0.2) is 0 Å². The molecule has 0 unspecified atom stereocenters. The lowest BCUT2D eigenvalue weighted by atomic mass is 10.3. The van der Waals surface area contributed by atoms with Crippen molar-refractivity contribution in [2.75, 3.05) is 38.4 Å². The van der Waals surface area contributed by atoms with E-state index < -0.39 is 0 Å². The Bertz CT molecular complexity index is 296. The number of hydrogen-bond acceptors (Lipinski definition) is 3. The Labute approximate surface area is 97.6 Å². The highest BCUT2D eigenvalue weighted by atomic mass is 16.7. The molecule has 0 atom stereocenters. The quantitative estimate of drug-likeness (QED) is 0.707. The number of rotatable bonds is 5. The van der Waals surface area contributed by atoms with Crippen LogP contribution in [-0.2, 0) is 4.84 Å². The first-order chi connectivity index (χ1) is 7.90. The van der Waals surface area contributed by atoms with Crippen LogP contribution in [0.2, 0.25) is 0 Å². The lowest BCUT2D eigenvalue weighted by Gasteiger charge is -2.24. The zero-order valence-corrected chi connectivity index (χ0v) is 9.93. The number of nitrogens with zero attached hydrogens (tertiary/aromatic N) is 2. The van der Waals surface area contributed by atoms with E-state index in [1.807, 2.05) is 23.3 Å². The molecule has 0 saturated carbocycles. The van der Waals surface area contributed by atoms with Crippen LogP contribution in [0.1, 0.15) is 12.8 Å². The molecule has 2 rings (SSSR count).